The van der Waals surface area contributed by atoms with Gasteiger partial charge in [-0.3, -0.25) is 9.59 Å². The van der Waals surface area contributed by atoms with Gasteiger partial charge in [-0.15, -0.1) is 12.4 Å². The molecule has 0 aliphatic heterocycles. The van der Waals surface area contributed by atoms with Gasteiger partial charge in [-0.25, -0.2) is 0 Å². The van der Waals surface area contributed by atoms with E-state index in [9.17, 15) is 22.8 Å². The third-order valence-corrected chi connectivity index (χ3v) is 2.33. The Hall–Kier alpha value is -1.54. The van der Waals surface area contributed by atoms with Gasteiger partial charge >= 0.3 is 6.18 Å². The summed E-state index contributed by atoms with van der Waals surface area (Å²) in [5.74, 6) is -0.554. The first kappa shape index (κ1) is 18.5. The third kappa shape index (κ3) is 5.62. The van der Waals surface area contributed by atoms with Crippen molar-refractivity contribution in [3.63, 3.8) is 0 Å². The summed E-state index contributed by atoms with van der Waals surface area (Å²) in [6.45, 7) is 1.70. The van der Waals surface area contributed by atoms with E-state index in [0.717, 1.165) is 0 Å². The van der Waals surface area contributed by atoms with E-state index in [4.69, 9.17) is 5.73 Å². The fourth-order valence-corrected chi connectivity index (χ4v) is 1.31. The van der Waals surface area contributed by atoms with Crippen LogP contribution in [-0.2, 0) is 11.0 Å². The maximum Gasteiger partial charge on any atom is 0.417 e. The summed E-state index contributed by atoms with van der Waals surface area (Å²) in [6, 6.07) is 0.397. The molecule has 1 heterocycles. The van der Waals surface area contributed by atoms with Crippen LogP contribution in [0.1, 0.15) is 25.3 Å². The van der Waals surface area contributed by atoms with Crippen LogP contribution in [0.15, 0.2) is 17.1 Å². The lowest BCUT2D eigenvalue weighted by molar-refractivity contribution is -0.137. The van der Waals surface area contributed by atoms with Gasteiger partial charge in [-0.1, -0.05) is 0 Å². The Morgan fingerprint density at radius 1 is 1.50 bits per heavy atom. The molecule has 0 saturated carbocycles. The van der Waals surface area contributed by atoms with Crippen molar-refractivity contribution in [1.29, 1.82) is 0 Å². The van der Waals surface area contributed by atoms with Crippen molar-refractivity contribution in [2.24, 2.45) is 5.73 Å². The van der Waals surface area contributed by atoms with Crippen molar-refractivity contribution in [3.05, 3.63) is 28.2 Å². The monoisotopic (exact) mass is 313 g/mol. The second kappa shape index (κ2) is 7.30. The number of halogens is 4. The zero-order valence-electron chi connectivity index (χ0n) is 10.6. The van der Waals surface area contributed by atoms with Crippen LogP contribution in [0.4, 0.5) is 18.9 Å². The molecule has 0 bridgehead atoms. The normalized spacial score (nSPS) is 12.4. The first-order valence-corrected chi connectivity index (χ1v) is 5.55. The summed E-state index contributed by atoms with van der Waals surface area (Å²) >= 11 is 0. The molecule has 20 heavy (non-hydrogen) atoms. The zero-order chi connectivity index (χ0) is 14.6. The highest BCUT2D eigenvalue weighted by atomic mass is 35.5. The molecule has 1 unspecified atom stereocenters. The number of anilines is 1. The molecule has 1 atom stereocenters. The molecule has 1 aromatic heterocycles. The van der Waals surface area contributed by atoms with Crippen molar-refractivity contribution in [2.45, 2.75) is 32.0 Å². The predicted molar refractivity (Wildman–Crippen MR) is 70.8 cm³/mol. The Balaban J connectivity index is 0.00000361. The number of nitrogens with two attached hydrogens (primary N) is 1. The van der Waals surface area contributed by atoms with Crippen LogP contribution in [0.5, 0.6) is 0 Å². The lowest BCUT2D eigenvalue weighted by Gasteiger charge is -2.09. The van der Waals surface area contributed by atoms with Crippen molar-refractivity contribution in [1.82, 2.24) is 4.98 Å². The Labute approximate surface area is 119 Å². The predicted octanol–water partition coefficient (Wildman–Crippen LogP) is 1.88. The third-order valence-electron chi connectivity index (χ3n) is 2.33. The Bertz CT molecular complexity index is 514. The molecule has 1 aromatic rings. The van der Waals surface area contributed by atoms with Gasteiger partial charge in [0.15, 0.2) is 0 Å². The number of amides is 1. The quantitative estimate of drug-likeness (QED) is 0.793. The minimum Gasteiger partial charge on any atom is -0.328 e. The average Bonchev–Trinajstić information content (AvgIpc) is 2.28. The number of H-pyrrole nitrogens is 1. The second-order valence-corrected chi connectivity index (χ2v) is 4.19. The number of aromatic amines is 1. The summed E-state index contributed by atoms with van der Waals surface area (Å²) in [7, 11) is 0. The lowest BCUT2D eigenvalue weighted by Crippen LogP contribution is -2.23. The van der Waals surface area contributed by atoms with E-state index in [2.05, 4.69) is 5.32 Å². The zero-order valence-corrected chi connectivity index (χ0v) is 11.4. The Morgan fingerprint density at radius 3 is 2.60 bits per heavy atom. The lowest BCUT2D eigenvalue weighted by atomic mass is 10.2. The van der Waals surface area contributed by atoms with Crippen LogP contribution in [-0.4, -0.2) is 16.9 Å². The van der Waals surface area contributed by atoms with Gasteiger partial charge < -0.3 is 16.0 Å². The highest BCUT2D eigenvalue weighted by molar-refractivity contribution is 5.90. The summed E-state index contributed by atoms with van der Waals surface area (Å²) in [6.07, 6.45) is -3.62. The molecule has 0 aromatic carbocycles. The number of alkyl halides is 3. The minimum absolute atomic E-state index is 0. The number of rotatable bonds is 4. The topological polar surface area (TPSA) is 88.0 Å². The van der Waals surface area contributed by atoms with E-state index in [1.807, 2.05) is 4.98 Å². The number of aromatic nitrogens is 1. The van der Waals surface area contributed by atoms with Gasteiger partial charge in [-0.2, -0.15) is 13.2 Å². The van der Waals surface area contributed by atoms with Gasteiger partial charge in [-0.05, 0) is 19.4 Å². The van der Waals surface area contributed by atoms with E-state index in [-0.39, 0.29) is 24.9 Å². The molecule has 0 aliphatic rings. The molecule has 4 N–H and O–H groups in total. The van der Waals surface area contributed by atoms with E-state index < -0.39 is 28.9 Å². The number of carbonyl (C=O) groups is 1. The number of nitrogens with one attached hydrogen (secondary N) is 2. The molecule has 5 nitrogen and oxygen atoms in total. The highest BCUT2D eigenvalue weighted by Gasteiger charge is 2.31. The van der Waals surface area contributed by atoms with Crippen molar-refractivity contribution in [2.75, 3.05) is 5.32 Å². The van der Waals surface area contributed by atoms with Crippen molar-refractivity contribution in [3.8, 4) is 0 Å². The van der Waals surface area contributed by atoms with Crippen molar-refractivity contribution >= 4 is 24.0 Å². The van der Waals surface area contributed by atoms with E-state index >= 15 is 0 Å². The largest absolute Gasteiger partial charge is 0.417 e. The summed E-state index contributed by atoms with van der Waals surface area (Å²) in [4.78, 5) is 24.7. The molecule has 0 aliphatic carbocycles. The maximum atomic E-state index is 12.4. The van der Waals surface area contributed by atoms with Crippen LogP contribution >= 0.6 is 12.4 Å². The minimum atomic E-state index is -4.59. The molecule has 0 spiro atoms. The van der Waals surface area contributed by atoms with E-state index in [1.165, 1.54) is 0 Å². The molecular formula is C11H15ClF3N3O2. The molecule has 1 amide bonds. The number of hydrogen-bond acceptors (Lipinski definition) is 3. The second-order valence-electron chi connectivity index (χ2n) is 4.19. The Kier molecular flexibility index (Phi) is 6.74. The van der Waals surface area contributed by atoms with Gasteiger partial charge in [0.05, 0.1) is 5.56 Å². The fraction of sp³-hybridized carbons (Fsp3) is 0.455. The summed E-state index contributed by atoms with van der Waals surface area (Å²) < 4.78 is 37.3. The van der Waals surface area contributed by atoms with E-state index in [0.29, 0.717) is 18.7 Å². The van der Waals surface area contributed by atoms with Gasteiger partial charge in [0.2, 0.25) is 5.91 Å². The van der Waals surface area contributed by atoms with Crippen LogP contribution in [0, 0.1) is 0 Å². The number of pyridine rings is 1. The molecule has 0 radical (unpaired) electrons. The fourth-order valence-electron chi connectivity index (χ4n) is 1.31. The van der Waals surface area contributed by atoms with Gasteiger partial charge in [0, 0.05) is 18.7 Å². The van der Waals surface area contributed by atoms with Gasteiger partial charge in [0.25, 0.3) is 5.56 Å². The first-order chi connectivity index (χ1) is 8.70. The summed E-state index contributed by atoms with van der Waals surface area (Å²) in [5.41, 5.74) is 3.20. The molecular weight excluding hydrogens is 299 g/mol. The molecule has 9 heteroatoms. The molecule has 0 fully saturated rings. The van der Waals surface area contributed by atoms with Crippen molar-refractivity contribution < 1.29 is 18.0 Å². The van der Waals surface area contributed by atoms with Crippen LogP contribution < -0.4 is 16.6 Å². The number of hydrogen-bond donors (Lipinski definition) is 3. The smallest absolute Gasteiger partial charge is 0.328 e. The van der Waals surface area contributed by atoms with Crippen LogP contribution in [0.2, 0.25) is 0 Å². The average molecular weight is 314 g/mol. The highest BCUT2D eigenvalue weighted by Crippen LogP contribution is 2.29. The molecule has 0 saturated heterocycles. The summed E-state index contributed by atoms with van der Waals surface area (Å²) in [5, 5.41) is 2.14. The SMILES string of the molecule is CC(N)CCC(=O)Nc1cc(C(F)(F)F)c[nH]c1=O.Cl. The van der Waals surface area contributed by atoms with Crippen LogP contribution in [0.3, 0.4) is 0 Å². The molecule has 114 valence electrons. The maximum absolute atomic E-state index is 12.4. The van der Waals surface area contributed by atoms with Gasteiger partial charge in [0.1, 0.15) is 5.69 Å². The molecule has 1 rings (SSSR count). The Morgan fingerprint density at radius 2 is 2.10 bits per heavy atom. The van der Waals surface area contributed by atoms with E-state index in [1.54, 1.807) is 6.92 Å². The van der Waals surface area contributed by atoms with Crippen LogP contribution in [0.25, 0.3) is 0 Å². The first-order valence-electron chi connectivity index (χ1n) is 5.55. The number of carbonyl (C=O) groups excluding carboxylic acids is 1. The standard InChI is InChI=1S/C11H14F3N3O2.ClH/c1-6(15)2-3-9(18)17-8-4-7(11(12,13)14)5-16-10(8)19;/h4-6H,2-3,15H2,1H3,(H,16,19)(H,17,18);1H.